The van der Waals surface area contributed by atoms with Crippen molar-refractivity contribution in [2.45, 2.75) is 44.8 Å². The summed E-state index contributed by atoms with van der Waals surface area (Å²) in [5.74, 6) is -0.884. The summed E-state index contributed by atoms with van der Waals surface area (Å²) in [5.41, 5.74) is -0.419. The molecule has 1 aliphatic carbocycles. The fourth-order valence-electron chi connectivity index (χ4n) is 1.51. The Hall–Kier alpha value is -1.30. The first kappa shape index (κ1) is 14.8. The van der Waals surface area contributed by atoms with Crippen molar-refractivity contribution >= 4 is 12.0 Å². The van der Waals surface area contributed by atoms with E-state index >= 15 is 0 Å². The van der Waals surface area contributed by atoms with Crippen molar-refractivity contribution in [1.82, 2.24) is 10.2 Å². The smallest absolute Gasteiger partial charge is 0.317 e. The Morgan fingerprint density at radius 1 is 1.44 bits per heavy atom. The number of rotatable bonds is 7. The summed E-state index contributed by atoms with van der Waals surface area (Å²) in [6.07, 6.45) is 1.90. The minimum absolute atomic E-state index is 0.0163. The highest BCUT2D eigenvalue weighted by molar-refractivity contribution is 5.76. The Morgan fingerprint density at radius 3 is 2.50 bits per heavy atom. The van der Waals surface area contributed by atoms with Crippen LogP contribution in [0.2, 0.25) is 0 Å². The van der Waals surface area contributed by atoms with Gasteiger partial charge in [0.15, 0.2) is 0 Å². The summed E-state index contributed by atoms with van der Waals surface area (Å²) >= 11 is 0. The molecule has 0 aromatic heterocycles. The Labute approximate surface area is 107 Å². The lowest BCUT2D eigenvalue weighted by Crippen LogP contribution is -2.47. The van der Waals surface area contributed by atoms with Crippen LogP contribution in [-0.4, -0.2) is 53.8 Å². The molecule has 0 heterocycles. The minimum atomic E-state index is -0.884. The fraction of sp³-hybridized carbons (Fsp3) is 0.833. The Bertz CT molecular complexity index is 313. The molecule has 0 unspecified atom stereocenters. The number of aliphatic carboxylic acids is 1. The molecule has 6 heteroatoms. The minimum Gasteiger partial charge on any atom is -0.481 e. The van der Waals surface area contributed by atoms with Crippen LogP contribution < -0.4 is 5.32 Å². The van der Waals surface area contributed by atoms with Gasteiger partial charge in [-0.25, -0.2) is 4.79 Å². The Balaban J connectivity index is 2.42. The summed E-state index contributed by atoms with van der Waals surface area (Å²) in [6, 6.07) is -0.00104. The van der Waals surface area contributed by atoms with Gasteiger partial charge in [0.05, 0.1) is 12.0 Å². The third kappa shape index (κ3) is 4.91. The summed E-state index contributed by atoms with van der Waals surface area (Å²) in [4.78, 5) is 24.1. The molecule has 2 N–H and O–H groups in total. The number of carbonyl (C=O) groups is 2. The summed E-state index contributed by atoms with van der Waals surface area (Å²) in [6.45, 7) is 4.43. The number of carboxylic acid groups (broad SMARTS) is 1. The van der Waals surface area contributed by atoms with Gasteiger partial charge in [-0.15, -0.1) is 0 Å². The van der Waals surface area contributed by atoms with Crippen LogP contribution in [0.15, 0.2) is 0 Å². The van der Waals surface area contributed by atoms with E-state index in [4.69, 9.17) is 9.84 Å². The molecule has 0 aliphatic heterocycles. The molecule has 18 heavy (non-hydrogen) atoms. The molecule has 0 atom stereocenters. The zero-order valence-electron chi connectivity index (χ0n) is 11.2. The van der Waals surface area contributed by atoms with E-state index in [9.17, 15) is 9.59 Å². The molecule has 0 radical (unpaired) electrons. The lowest BCUT2D eigenvalue weighted by atomic mass is 10.1. The third-order valence-corrected chi connectivity index (χ3v) is 3.03. The van der Waals surface area contributed by atoms with Gasteiger partial charge in [0.25, 0.3) is 0 Å². The third-order valence-electron chi connectivity index (χ3n) is 3.03. The van der Waals surface area contributed by atoms with Crippen molar-refractivity contribution in [2.75, 3.05) is 20.2 Å². The van der Waals surface area contributed by atoms with E-state index in [-0.39, 0.29) is 25.0 Å². The molecule has 6 nitrogen and oxygen atoms in total. The number of nitrogens with one attached hydrogen (secondary N) is 1. The molecule has 0 saturated heterocycles. The summed E-state index contributed by atoms with van der Waals surface area (Å²) < 4.78 is 5.21. The molecule has 104 valence electrons. The number of carbonyl (C=O) groups excluding carboxylic acids is 1. The average Bonchev–Trinajstić information content (AvgIpc) is 3.11. The van der Waals surface area contributed by atoms with Gasteiger partial charge >= 0.3 is 12.0 Å². The van der Waals surface area contributed by atoms with Crippen LogP contribution in [-0.2, 0) is 9.53 Å². The normalized spacial score (nSPS) is 15.3. The first-order valence-electron chi connectivity index (χ1n) is 6.17. The fourth-order valence-corrected chi connectivity index (χ4v) is 1.51. The van der Waals surface area contributed by atoms with E-state index in [0.717, 1.165) is 12.8 Å². The van der Waals surface area contributed by atoms with Crippen molar-refractivity contribution in [1.29, 1.82) is 0 Å². The van der Waals surface area contributed by atoms with Crippen molar-refractivity contribution in [2.24, 2.45) is 0 Å². The van der Waals surface area contributed by atoms with Gasteiger partial charge in [-0.2, -0.15) is 0 Å². The molecule has 1 aliphatic rings. The summed E-state index contributed by atoms with van der Waals surface area (Å²) in [7, 11) is 1.59. The van der Waals surface area contributed by atoms with Crippen LogP contribution in [0.3, 0.4) is 0 Å². The maximum Gasteiger partial charge on any atom is 0.317 e. The van der Waals surface area contributed by atoms with Gasteiger partial charge in [-0.05, 0) is 26.7 Å². The molecule has 1 saturated carbocycles. The van der Waals surface area contributed by atoms with E-state index < -0.39 is 11.6 Å². The van der Waals surface area contributed by atoms with Crippen LogP contribution in [0.1, 0.15) is 33.1 Å². The van der Waals surface area contributed by atoms with E-state index in [1.165, 1.54) is 0 Å². The molecular weight excluding hydrogens is 236 g/mol. The number of carboxylic acids is 1. The van der Waals surface area contributed by atoms with Gasteiger partial charge in [0.2, 0.25) is 0 Å². The highest BCUT2D eigenvalue weighted by Gasteiger charge is 2.33. The van der Waals surface area contributed by atoms with Crippen LogP contribution in [0.5, 0.6) is 0 Å². The van der Waals surface area contributed by atoms with E-state index in [1.807, 2.05) is 13.8 Å². The van der Waals surface area contributed by atoms with Crippen molar-refractivity contribution in [3.05, 3.63) is 0 Å². The molecule has 0 spiro atoms. The molecule has 2 amide bonds. The molecule has 0 aromatic rings. The lowest BCUT2D eigenvalue weighted by Gasteiger charge is -2.27. The molecule has 0 aromatic carbocycles. The predicted octanol–water partition coefficient (Wildman–Crippen LogP) is 1.06. The molecule has 0 bridgehead atoms. The summed E-state index contributed by atoms with van der Waals surface area (Å²) in [5, 5.41) is 11.5. The maximum atomic E-state index is 12.0. The number of amides is 2. The first-order chi connectivity index (χ1) is 8.35. The van der Waals surface area contributed by atoms with E-state index in [0.29, 0.717) is 6.54 Å². The average molecular weight is 258 g/mol. The Morgan fingerprint density at radius 2 is 2.06 bits per heavy atom. The van der Waals surface area contributed by atoms with E-state index in [2.05, 4.69) is 5.32 Å². The maximum absolute atomic E-state index is 12.0. The quantitative estimate of drug-likeness (QED) is 0.715. The second-order valence-corrected chi connectivity index (χ2v) is 5.19. The standard InChI is InChI=1S/C12H22N2O4/c1-12(2,18-3)8-13-11(17)14(9-4-5-9)7-6-10(15)16/h9H,4-8H2,1-3H3,(H,13,17)(H,15,16). The van der Waals surface area contributed by atoms with Crippen molar-refractivity contribution in [3.8, 4) is 0 Å². The van der Waals surface area contributed by atoms with Crippen LogP contribution in [0.25, 0.3) is 0 Å². The van der Waals surface area contributed by atoms with Gasteiger partial charge in [-0.3, -0.25) is 4.79 Å². The van der Waals surface area contributed by atoms with Crippen LogP contribution in [0.4, 0.5) is 4.79 Å². The number of hydrogen-bond donors (Lipinski definition) is 2. The number of nitrogens with zero attached hydrogens (tertiary/aromatic N) is 1. The Kier molecular flexibility index (Phi) is 4.95. The van der Waals surface area contributed by atoms with Crippen molar-refractivity contribution in [3.63, 3.8) is 0 Å². The number of methoxy groups -OCH3 is 1. The first-order valence-corrected chi connectivity index (χ1v) is 6.17. The van der Waals surface area contributed by atoms with Gasteiger partial charge in [-0.1, -0.05) is 0 Å². The number of hydrogen-bond acceptors (Lipinski definition) is 3. The van der Waals surface area contributed by atoms with Crippen LogP contribution >= 0.6 is 0 Å². The van der Waals surface area contributed by atoms with Gasteiger partial charge < -0.3 is 20.1 Å². The van der Waals surface area contributed by atoms with Crippen LogP contribution in [0, 0.1) is 0 Å². The zero-order valence-corrected chi connectivity index (χ0v) is 11.2. The molecule has 1 fully saturated rings. The van der Waals surface area contributed by atoms with E-state index in [1.54, 1.807) is 12.0 Å². The second kappa shape index (κ2) is 6.04. The topological polar surface area (TPSA) is 78.9 Å². The molecule has 1 rings (SSSR count). The highest BCUT2D eigenvalue weighted by atomic mass is 16.5. The number of ether oxygens (including phenoxy) is 1. The van der Waals surface area contributed by atoms with Gasteiger partial charge in [0.1, 0.15) is 0 Å². The van der Waals surface area contributed by atoms with Gasteiger partial charge in [0, 0.05) is 26.2 Å². The molecular formula is C12H22N2O4. The highest BCUT2D eigenvalue weighted by Crippen LogP contribution is 2.27. The largest absolute Gasteiger partial charge is 0.481 e. The zero-order chi connectivity index (χ0) is 13.8. The number of urea groups is 1. The predicted molar refractivity (Wildman–Crippen MR) is 66.5 cm³/mol. The lowest BCUT2D eigenvalue weighted by molar-refractivity contribution is -0.137. The second-order valence-electron chi connectivity index (χ2n) is 5.19. The monoisotopic (exact) mass is 258 g/mol. The van der Waals surface area contributed by atoms with Crippen molar-refractivity contribution < 1.29 is 19.4 Å². The SMILES string of the molecule is COC(C)(C)CNC(=O)N(CCC(=O)O)C1CC1.